The van der Waals surface area contributed by atoms with Gasteiger partial charge in [-0.2, -0.15) is 5.26 Å². The zero-order valence-electron chi connectivity index (χ0n) is 17.5. The zero-order valence-corrected chi connectivity index (χ0v) is 19.9. The van der Waals surface area contributed by atoms with Crippen molar-refractivity contribution in [3.05, 3.63) is 52.9 Å². The Kier molecular flexibility index (Phi) is 7.22. The number of hydrogen-bond acceptors (Lipinski definition) is 4. The second kappa shape index (κ2) is 9.51. The number of hydrogen-bond donors (Lipinski definition) is 0. The lowest BCUT2D eigenvalue weighted by Crippen LogP contribution is -3.00. The summed E-state index contributed by atoms with van der Waals surface area (Å²) in [5.74, 6) is 0.461. The van der Waals surface area contributed by atoms with Gasteiger partial charge < -0.3 is 26.2 Å². The fourth-order valence-electron chi connectivity index (χ4n) is 4.92. The molecule has 0 saturated carbocycles. The first-order valence-corrected chi connectivity index (χ1v) is 11.2. The number of thiophene rings is 1. The van der Waals surface area contributed by atoms with Crippen molar-refractivity contribution in [1.29, 1.82) is 5.26 Å². The van der Waals surface area contributed by atoms with Gasteiger partial charge in [0.1, 0.15) is 5.00 Å². The monoisotopic (exact) mass is 489 g/mol. The van der Waals surface area contributed by atoms with E-state index in [0.29, 0.717) is 36.7 Å². The molecule has 5 nitrogen and oxygen atoms in total. The van der Waals surface area contributed by atoms with Crippen molar-refractivity contribution < 1.29 is 31.0 Å². The van der Waals surface area contributed by atoms with Crippen molar-refractivity contribution in [3.63, 3.8) is 0 Å². The van der Waals surface area contributed by atoms with Gasteiger partial charge in [-0.15, -0.1) is 11.3 Å². The Morgan fingerprint density at radius 2 is 1.87 bits per heavy atom. The minimum absolute atomic E-state index is 0. The number of carbonyl (C=O) groups is 1. The van der Waals surface area contributed by atoms with Gasteiger partial charge in [-0.1, -0.05) is 12.1 Å². The number of rotatable bonds is 5. The molecule has 1 aromatic carbocycles. The van der Waals surface area contributed by atoms with Gasteiger partial charge in [-0.3, -0.25) is 4.90 Å². The maximum Gasteiger partial charge on any atom is 0.415 e. The molecule has 2 atom stereocenters. The summed E-state index contributed by atoms with van der Waals surface area (Å²) >= 11 is 1.53. The molecule has 0 radical (unpaired) electrons. The van der Waals surface area contributed by atoms with Crippen LogP contribution in [0, 0.1) is 17.2 Å². The predicted molar refractivity (Wildman–Crippen MR) is 115 cm³/mol. The second-order valence-electron chi connectivity index (χ2n) is 8.77. The van der Waals surface area contributed by atoms with Crippen LogP contribution in [0.25, 0.3) is 0 Å². The SMILES string of the molecule is C[N+]1(C)C2CCC1CC(COC(=O)N(Cc1ccc(C#N)cc1)c1cccs1)C2.[Br-]. The van der Waals surface area contributed by atoms with Crippen LogP contribution >= 0.6 is 11.3 Å². The van der Waals surface area contributed by atoms with Crippen molar-refractivity contribution in [2.45, 2.75) is 44.3 Å². The number of nitriles is 1. The Morgan fingerprint density at radius 3 is 2.43 bits per heavy atom. The number of quaternary nitrogens is 1. The molecule has 2 unspecified atom stereocenters. The Morgan fingerprint density at radius 1 is 1.20 bits per heavy atom. The Labute approximate surface area is 193 Å². The van der Waals surface area contributed by atoms with Crippen molar-refractivity contribution in [1.82, 2.24) is 0 Å². The molecule has 30 heavy (non-hydrogen) atoms. The third-order valence-corrected chi connectivity index (χ3v) is 7.68. The van der Waals surface area contributed by atoms with E-state index in [9.17, 15) is 4.79 Å². The fraction of sp³-hybridized carbons (Fsp3) is 0.478. The number of amides is 1. The van der Waals surface area contributed by atoms with Gasteiger partial charge in [0.25, 0.3) is 0 Å². The van der Waals surface area contributed by atoms with Gasteiger partial charge in [0.15, 0.2) is 0 Å². The number of ether oxygens (including phenoxy) is 1. The molecule has 1 aromatic heterocycles. The van der Waals surface area contributed by atoms with E-state index in [1.807, 2.05) is 29.6 Å². The largest absolute Gasteiger partial charge is 1.00 e. The Hall–Kier alpha value is -1.88. The first kappa shape index (κ1) is 22.8. The van der Waals surface area contributed by atoms with Crippen LogP contribution in [-0.4, -0.2) is 43.4 Å². The minimum Gasteiger partial charge on any atom is -1.00 e. The summed E-state index contributed by atoms with van der Waals surface area (Å²) in [6.45, 7) is 0.936. The van der Waals surface area contributed by atoms with Gasteiger partial charge in [0.05, 0.1) is 51.0 Å². The first-order chi connectivity index (χ1) is 14.0. The lowest BCUT2D eigenvalue weighted by atomic mass is 9.90. The molecule has 0 spiro atoms. The number of nitrogens with zero attached hydrogens (tertiary/aromatic N) is 3. The summed E-state index contributed by atoms with van der Waals surface area (Å²) in [5.41, 5.74) is 1.59. The summed E-state index contributed by atoms with van der Waals surface area (Å²) in [7, 11) is 4.70. The summed E-state index contributed by atoms with van der Waals surface area (Å²) in [6.07, 6.45) is 4.59. The van der Waals surface area contributed by atoms with E-state index in [0.717, 1.165) is 27.9 Å². The molecule has 160 valence electrons. The predicted octanol–water partition coefficient (Wildman–Crippen LogP) is 1.78. The smallest absolute Gasteiger partial charge is 0.415 e. The van der Waals surface area contributed by atoms with E-state index in [-0.39, 0.29) is 23.1 Å². The highest BCUT2D eigenvalue weighted by Gasteiger charge is 2.49. The molecule has 2 aromatic rings. The molecule has 2 aliphatic rings. The third-order valence-electron chi connectivity index (χ3n) is 6.78. The number of benzene rings is 1. The lowest BCUT2D eigenvalue weighted by molar-refractivity contribution is -0.931. The summed E-state index contributed by atoms with van der Waals surface area (Å²) in [5, 5.41) is 11.8. The fourth-order valence-corrected chi connectivity index (χ4v) is 5.64. The van der Waals surface area contributed by atoms with Crippen molar-refractivity contribution in [2.75, 3.05) is 25.6 Å². The quantitative estimate of drug-likeness (QED) is 0.601. The maximum atomic E-state index is 13.0. The normalized spacial score (nSPS) is 23.8. The van der Waals surface area contributed by atoms with Gasteiger partial charge in [0.2, 0.25) is 0 Å². The van der Waals surface area contributed by atoms with Crippen LogP contribution in [-0.2, 0) is 11.3 Å². The van der Waals surface area contributed by atoms with Crippen LogP contribution in [0.1, 0.15) is 36.8 Å². The minimum atomic E-state index is -0.288. The molecule has 2 aliphatic heterocycles. The van der Waals surface area contributed by atoms with Crippen LogP contribution in [0.5, 0.6) is 0 Å². The average Bonchev–Trinajstić information content (AvgIpc) is 3.26. The Bertz CT molecular complexity index is 876. The number of fused-ring (bicyclic) bond motifs is 2. The highest BCUT2D eigenvalue weighted by atomic mass is 79.9. The van der Waals surface area contributed by atoms with Gasteiger partial charge in [-0.05, 0) is 35.2 Å². The molecular weight excluding hydrogens is 462 g/mol. The maximum absolute atomic E-state index is 13.0. The molecule has 4 rings (SSSR count). The second-order valence-corrected chi connectivity index (χ2v) is 9.70. The highest BCUT2D eigenvalue weighted by Crippen LogP contribution is 2.42. The highest BCUT2D eigenvalue weighted by molar-refractivity contribution is 7.14. The molecule has 3 heterocycles. The molecule has 0 N–H and O–H groups in total. The third kappa shape index (κ3) is 4.72. The summed E-state index contributed by atoms with van der Waals surface area (Å²) < 4.78 is 6.94. The van der Waals surface area contributed by atoms with Crippen LogP contribution < -0.4 is 21.9 Å². The van der Waals surface area contributed by atoms with Crippen LogP contribution in [0.15, 0.2) is 41.8 Å². The van der Waals surface area contributed by atoms with Crippen LogP contribution in [0.3, 0.4) is 0 Å². The van der Waals surface area contributed by atoms with Gasteiger partial charge in [0, 0.05) is 31.6 Å². The molecule has 0 aliphatic carbocycles. The number of anilines is 1. The summed E-state index contributed by atoms with van der Waals surface area (Å²) in [6, 6.07) is 14.8. The lowest BCUT2D eigenvalue weighted by Gasteiger charge is -2.44. The van der Waals surface area contributed by atoms with E-state index in [1.165, 1.54) is 24.2 Å². The molecular formula is C23H28BrN3O2S. The van der Waals surface area contributed by atoms with E-state index < -0.39 is 0 Å². The number of piperidine rings is 1. The molecule has 7 heteroatoms. The number of carbonyl (C=O) groups excluding carboxylic acids is 1. The van der Waals surface area contributed by atoms with E-state index in [1.54, 1.807) is 17.0 Å². The standard InChI is InChI=1S/C23H28N3O2S.BrH/c1-26(2)20-9-10-21(26)13-19(12-20)16-28-23(27)25(22-4-3-11-29-22)15-18-7-5-17(14-24)6-8-18;/h3-8,11,19-21H,9-10,12-13,15-16H2,1-2H3;1H/q+1;/p-1. The van der Waals surface area contributed by atoms with E-state index in [2.05, 4.69) is 20.2 Å². The zero-order chi connectivity index (χ0) is 20.4. The van der Waals surface area contributed by atoms with Gasteiger partial charge in [-0.25, -0.2) is 4.79 Å². The van der Waals surface area contributed by atoms with Crippen molar-refractivity contribution in [3.8, 4) is 6.07 Å². The molecule has 1 amide bonds. The number of halogens is 1. The molecule has 2 bridgehead atoms. The molecule has 2 fully saturated rings. The van der Waals surface area contributed by atoms with E-state index >= 15 is 0 Å². The van der Waals surface area contributed by atoms with Crippen LogP contribution in [0.4, 0.5) is 9.80 Å². The van der Waals surface area contributed by atoms with Crippen molar-refractivity contribution >= 4 is 22.4 Å². The first-order valence-electron chi connectivity index (χ1n) is 10.3. The topological polar surface area (TPSA) is 53.3 Å². The van der Waals surface area contributed by atoms with Crippen LogP contribution in [0.2, 0.25) is 0 Å². The van der Waals surface area contributed by atoms with Gasteiger partial charge >= 0.3 is 6.09 Å². The molecule has 2 saturated heterocycles. The average molecular weight is 490 g/mol. The van der Waals surface area contributed by atoms with E-state index in [4.69, 9.17) is 10.00 Å². The Balaban J connectivity index is 0.00000256. The summed E-state index contributed by atoms with van der Waals surface area (Å²) in [4.78, 5) is 14.7. The van der Waals surface area contributed by atoms with Crippen molar-refractivity contribution in [2.24, 2.45) is 5.92 Å².